The fourth-order valence-corrected chi connectivity index (χ4v) is 3.23. The molecule has 1 unspecified atom stereocenters. The van der Waals surface area contributed by atoms with Crippen molar-refractivity contribution in [1.29, 1.82) is 0 Å². The average molecular weight is 318 g/mol. The molecule has 2 aliphatic rings. The summed E-state index contributed by atoms with van der Waals surface area (Å²) in [4.78, 5) is 11.8. The molecular formula is C15H15ClF3NO. The monoisotopic (exact) mass is 317 g/mol. The van der Waals surface area contributed by atoms with Crippen LogP contribution in [0.2, 0.25) is 5.02 Å². The SMILES string of the molecule is O=C1CC(CCC2CC2)(C(F)(F)F)c2cc(Cl)ccc2N1. The van der Waals surface area contributed by atoms with Gasteiger partial charge < -0.3 is 5.32 Å². The van der Waals surface area contributed by atoms with Gasteiger partial charge in [-0.3, -0.25) is 4.79 Å². The molecule has 1 N–H and O–H groups in total. The summed E-state index contributed by atoms with van der Waals surface area (Å²) in [6.07, 6.45) is -2.61. The van der Waals surface area contributed by atoms with Crippen molar-refractivity contribution < 1.29 is 18.0 Å². The first kappa shape index (κ1) is 14.7. The third-order valence-electron chi connectivity index (χ3n) is 4.45. The minimum Gasteiger partial charge on any atom is -0.326 e. The van der Waals surface area contributed by atoms with Crippen LogP contribution in [0, 0.1) is 5.92 Å². The van der Waals surface area contributed by atoms with Crippen molar-refractivity contribution in [3.8, 4) is 0 Å². The normalized spacial score (nSPS) is 25.4. The van der Waals surface area contributed by atoms with E-state index in [-0.39, 0.29) is 22.7 Å². The molecule has 6 heteroatoms. The molecule has 2 nitrogen and oxygen atoms in total. The van der Waals surface area contributed by atoms with Crippen molar-refractivity contribution in [2.24, 2.45) is 5.92 Å². The Kier molecular flexibility index (Phi) is 3.43. The first-order valence-corrected chi connectivity index (χ1v) is 7.36. The van der Waals surface area contributed by atoms with Crippen molar-refractivity contribution in [1.82, 2.24) is 0 Å². The van der Waals surface area contributed by atoms with E-state index in [0.29, 0.717) is 12.3 Å². The van der Waals surface area contributed by atoms with E-state index >= 15 is 0 Å². The van der Waals surface area contributed by atoms with E-state index < -0.39 is 23.9 Å². The topological polar surface area (TPSA) is 29.1 Å². The maximum absolute atomic E-state index is 13.8. The van der Waals surface area contributed by atoms with Crippen LogP contribution in [0.5, 0.6) is 0 Å². The van der Waals surface area contributed by atoms with E-state index in [4.69, 9.17) is 11.6 Å². The number of hydrogen-bond acceptors (Lipinski definition) is 1. The molecule has 0 bridgehead atoms. The van der Waals surface area contributed by atoms with Crippen molar-refractivity contribution in [3.63, 3.8) is 0 Å². The molecule has 1 atom stereocenters. The average Bonchev–Trinajstić information content (AvgIpc) is 3.19. The molecule has 1 aliphatic carbocycles. The summed E-state index contributed by atoms with van der Waals surface area (Å²) in [5.74, 6) is -0.213. The van der Waals surface area contributed by atoms with Crippen molar-refractivity contribution in [2.75, 3.05) is 5.32 Å². The lowest BCUT2D eigenvalue weighted by molar-refractivity contribution is -0.197. The maximum atomic E-state index is 13.8. The first-order chi connectivity index (χ1) is 9.82. The Labute approximate surface area is 125 Å². The van der Waals surface area contributed by atoms with Gasteiger partial charge in [0.05, 0.1) is 0 Å². The van der Waals surface area contributed by atoms with Gasteiger partial charge in [-0.05, 0) is 42.5 Å². The molecule has 1 aromatic rings. The van der Waals surface area contributed by atoms with E-state index in [9.17, 15) is 18.0 Å². The number of rotatable bonds is 3. The zero-order valence-electron chi connectivity index (χ0n) is 11.3. The summed E-state index contributed by atoms with van der Waals surface area (Å²) >= 11 is 5.89. The Morgan fingerprint density at radius 2 is 2.05 bits per heavy atom. The molecule has 0 spiro atoms. The van der Waals surface area contributed by atoms with Gasteiger partial charge in [-0.15, -0.1) is 0 Å². The highest BCUT2D eigenvalue weighted by molar-refractivity contribution is 6.30. The van der Waals surface area contributed by atoms with Crippen LogP contribution in [0.15, 0.2) is 18.2 Å². The second-order valence-electron chi connectivity index (χ2n) is 5.98. The van der Waals surface area contributed by atoms with Gasteiger partial charge in [0.15, 0.2) is 0 Å². The van der Waals surface area contributed by atoms with E-state index in [1.165, 1.54) is 18.2 Å². The number of carbonyl (C=O) groups is 1. The molecule has 1 aromatic carbocycles. The van der Waals surface area contributed by atoms with Crippen LogP contribution < -0.4 is 5.32 Å². The largest absolute Gasteiger partial charge is 0.399 e. The van der Waals surface area contributed by atoms with Gasteiger partial charge in [-0.2, -0.15) is 13.2 Å². The van der Waals surface area contributed by atoms with Crippen LogP contribution in [0.25, 0.3) is 0 Å². The van der Waals surface area contributed by atoms with Gasteiger partial charge in [-0.25, -0.2) is 0 Å². The van der Waals surface area contributed by atoms with E-state index in [2.05, 4.69) is 5.32 Å². The molecule has 21 heavy (non-hydrogen) atoms. The molecule has 0 aromatic heterocycles. The molecule has 1 fully saturated rings. The van der Waals surface area contributed by atoms with Crippen LogP contribution in [0.1, 0.15) is 37.7 Å². The number of amides is 1. The zero-order valence-corrected chi connectivity index (χ0v) is 12.0. The summed E-state index contributed by atoms with van der Waals surface area (Å²) in [7, 11) is 0. The van der Waals surface area contributed by atoms with Crippen LogP contribution in [0.4, 0.5) is 18.9 Å². The van der Waals surface area contributed by atoms with Crippen molar-refractivity contribution in [3.05, 3.63) is 28.8 Å². The second-order valence-corrected chi connectivity index (χ2v) is 6.41. The second kappa shape index (κ2) is 4.90. The molecule has 0 radical (unpaired) electrons. The van der Waals surface area contributed by atoms with Crippen LogP contribution in [0.3, 0.4) is 0 Å². The Morgan fingerprint density at radius 3 is 2.67 bits per heavy atom. The highest BCUT2D eigenvalue weighted by Crippen LogP contribution is 2.53. The minimum atomic E-state index is -4.47. The van der Waals surface area contributed by atoms with Crippen LogP contribution >= 0.6 is 11.6 Å². The minimum absolute atomic E-state index is 0.0536. The summed E-state index contributed by atoms with van der Waals surface area (Å²) in [5, 5.41) is 2.77. The fraction of sp³-hybridized carbons (Fsp3) is 0.533. The molecule has 0 saturated heterocycles. The maximum Gasteiger partial charge on any atom is 0.399 e. The molecule has 114 valence electrons. The van der Waals surface area contributed by atoms with Crippen molar-refractivity contribution in [2.45, 2.75) is 43.7 Å². The number of halogens is 4. The number of fused-ring (bicyclic) bond motifs is 1. The van der Waals surface area contributed by atoms with Gasteiger partial charge in [0.1, 0.15) is 5.41 Å². The van der Waals surface area contributed by atoms with Crippen LogP contribution in [-0.4, -0.2) is 12.1 Å². The number of carbonyl (C=O) groups excluding carboxylic acids is 1. The lowest BCUT2D eigenvalue weighted by Crippen LogP contribution is -2.48. The lowest BCUT2D eigenvalue weighted by Gasteiger charge is -2.40. The highest BCUT2D eigenvalue weighted by Gasteiger charge is 2.59. The smallest absolute Gasteiger partial charge is 0.326 e. The zero-order chi connectivity index (χ0) is 15.3. The summed E-state index contributed by atoms with van der Waals surface area (Å²) in [6.45, 7) is 0. The van der Waals surface area contributed by atoms with Gasteiger partial charge in [0, 0.05) is 17.1 Å². The highest BCUT2D eigenvalue weighted by atomic mass is 35.5. The van der Waals surface area contributed by atoms with Gasteiger partial charge in [-0.1, -0.05) is 24.4 Å². The van der Waals surface area contributed by atoms with Gasteiger partial charge >= 0.3 is 6.18 Å². The predicted octanol–water partition coefficient (Wildman–Crippen LogP) is 4.67. The summed E-state index contributed by atoms with van der Waals surface area (Å²) in [5.41, 5.74) is -1.79. The summed E-state index contributed by atoms with van der Waals surface area (Å²) < 4.78 is 41.5. The molecule has 1 saturated carbocycles. The van der Waals surface area contributed by atoms with Crippen molar-refractivity contribution >= 4 is 23.2 Å². The third kappa shape index (κ3) is 2.63. The molecule has 1 heterocycles. The number of alkyl halides is 3. The quantitative estimate of drug-likeness (QED) is 0.862. The van der Waals surface area contributed by atoms with Gasteiger partial charge in [0.25, 0.3) is 0 Å². The number of nitrogens with one attached hydrogen (secondary N) is 1. The number of anilines is 1. The lowest BCUT2D eigenvalue weighted by atomic mass is 9.70. The van der Waals surface area contributed by atoms with E-state index in [1.807, 2.05) is 0 Å². The first-order valence-electron chi connectivity index (χ1n) is 6.98. The fourth-order valence-electron chi connectivity index (χ4n) is 3.06. The molecule has 1 amide bonds. The van der Waals surface area contributed by atoms with Crippen LogP contribution in [-0.2, 0) is 10.2 Å². The third-order valence-corrected chi connectivity index (χ3v) is 4.69. The Hall–Kier alpha value is -1.23. The summed E-state index contributed by atoms with van der Waals surface area (Å²) in [6, 6.07) is 4.29. The Morgan fingerprint density at radius 1 is 1.33 bits per heavy atom. The Bertz CT molecular complexity index is 583. The number of hydrogen-bond donors (Lipinski definition) is 1. The van der Waals surface area contributed by atoms with Gasteiger partial charge in [0.2, 0.25) is 5.91 Å². The molecule has 3 rings (SSSR count). The van der Waals surface area contributed by atoms with E-state index in [0.717, 1.165) is 12.8 Å². The predicted molar refractivity (Wildman–Crippen MR) is 74.4 cm³/mol. The molecule has 1 aliphatic heterocycles. The standard InChI is InChI=1S/C15H15ClF3NO/c16-10-3-4-12-11(7-10)14(15(17,18)19,8-13(21)20-12)6-5-9-1-2-9/h3-4,7,9H,1-2,5-6,8H2,(H,20,21). The molecular weight excluding hydrogens is 303 g/mol. The number of benzene rings is 1. The Balaban J connectivity index is 2.09. The van der Waals surface area contributed by atoms with E-state index in [1.54, 1.807) is 0 Å².